The van der Waals surface area contributed by atoms with Gasteiger partial charge in [-0.2, -0.15) is 5.10 Å². The Morgan fingerprint density at radius 2 is 2.41 bits per heavy atom. The smallest absolute Gasteiger partial charge is 0.332 e. The number of hydrogen-bond acceptors (Lipinski definition) is 3. The summed E-state index contributed by atoms with van der Waals surface area (Å²) in [6, 6.07) is 1.85. The molecule has 0 aliphatic carbocycles. The molecule has 88 valence electrons. The van der Waals surface area contributed by atoms with Gasteiger partial charge in [0.15, 0.2) is 11.6 Å². The Labute approximate surface area is 97.5 Å². The predicted octanol–water partition coefficient (Wildman–Crippen LogP) is 0.818. The molecule has 0 fully saturated rings. The van der Waals surface area contributed by atoms with E-state index in [0.29, 0.717) is 5.56 Å². The van der Waals surface area contributed by atoms with Crippen molar-refractivity contribution in [2.24, 2.45) is 10.8 Å². The fourth-order valence-electron chi connectivity index (χ4n) is 1.17. The zero-order valence-electron chi connectivity index (χ0n) is 9.03. The van der Waals surface area contributed by atoms with Gasteiger partial charge in [0.05, 0.1) is 18.9 Å². The highest BCUT2D eigenvalue weighted by molar-refractivity contribution is 5.82. The number of nitrogens with one attached hydrogen (secondary N) is 1. The Balaban J connectivity index is 3.04. The summed E-state index contributed by atoms with van der Waals surface area (Å²) in [6.45, 7) is 0. The Morgan fingerprint density at radius 3 is 2.94 bits per heavy atom. The minimum atomic E-state index is -0.813. The van der Waals surface area contributed by atoms with Crippen molar-refractivity contribution in [3.63, 3.8) is 0 Å². The van der Waals surface area contributed by atoms with E-state index in [2.05, 4.69) is 11.0 Å². The average Bonchev–Trinajstić information content (AvgIpc) is 2.27. The Kier molecular flexibility index (Phi) is 4.06. The van der Waals surface area contributed by atoms with Gasteiger partial charge in [0.1, 0.15) is 0 Å². The third kappa shape index (κ3) is 3.21. The van der Waals surface area contributed by atoms with E-state index in [9.17, 15) is 9.18 Å². The van der Waals surface area contributed by atoms with Gasteiger partial charge in [-0.3, -0.25) is 0 Å². The van der Waals surface area contributed by atoms with Gasteiger partial charge in [-0.1, -0.05) is 5.92 Å². The average molecular weight is 235 g/mol. The van der Waals surface area contributed by atoms with Crippen LogP contribution in [0.15, 0.2) is 17.2 Å². The van der Waals surface area contributed by atoms with Crippen molar-refractivity contribution in [3.05, 3.63) is 29.1 Å². The SMILES string of the molecule is C#Cc1cc(C=NNC(N)=O)cc(F)c1OC. The molecule has 0 aromatic heterocycles. The molecule has 0 atom stereocenters. The lowest BCUT2D eigenvalue weighted by atomic mass is 10.1. The van der Waals surface area contributed by atoms with Gasteiger partial charge in [0.25, 0.3) is 0 Å². The standard InChI is InChI=1S/C11H10FN3O2/c1-3-8-4-7(6-14-15-11(13)16)5-9(12)10(8)17-2/h1,4-6H,2H3,(H3,13,15,16). The zero-order valence-corrected chi connectivity index (χ0v) is 9.03. The fraction of sp³-hybridized carbons (Fsp3) is 0.0909. The number of amides is 2. The molecule has 0 aliphatic rings. The summed E-state index contributed by atoms with van der Waals surface area (Å²) in [7, 11) is 1.32. The van der Waals surface area contributed by atoms with Crippen molar-refractivity contribution >= 4 is 12.2 Å². The molecule has 2 amide bonds. The maximum atomic E-state index is 13.5. The molecule has 5 nitrogen and oxygen atoms in total. The third-order valence-electron chi connectivity index (χ3n) is 1.81. The fourth-order valence-corrected chi connectivity index (χ4v) is 1.17. The number of urea groups is 1. The van der Waals surface area contributed by atoms with Crippen molar-refractivity contribution in [1.82, 2.24) is 5.43 Å². The van der Waals surface area contributed by atoms with Gasteiger partial charge < -0.3 is 10.5 Å². The van der Waals surface area contributed by atoms with Crippen molar-refractivity contribution in [3.8, 4) is 18.1 Å². The van der Waals surface area contributed by atoms with Crippen LogP contribution in [-0.2, 0) is 0 Å². The van der Waals surface area contributed by atoms with Crippen LogP contribution in [0.5, 0.6) is 5.75 Å². The summed E-state index contributed by atoms with van der Waals surface area (Å²) in [5, 5.41) is 3.49. The van der Waals surface area contributed by atoms with Crippen molar-refractivity contribution in [1.29, 1.82) is 0 Å². The van der Waals surface area contributed by atoms with E-state index < -0.39 is 11.8 Å². The first-order valence-corrected chi connectivity index (χ1v) is 4.51. The molecule has 6 heteroatoms. The third-order valence-corrected chi connectivity index (χ3v) is 1.81. The number of benzene rings is 1. The number of ether oxygens (including phenoxy) is 1. The Morgan fingerprint density at radius 1 is 1.71 bits per heavy atom. The first-order valence-electron chi connectivity index (χ1n) is 4.51. The molecular formula is C11H10FN3O2. The van der Waals surface area contributed by atoms with Crippen LogP contribution in [0.3, 0.4) is 0 Å². The highest BCUT2D eigenvalue weighted by Gasteiger charge is 2.09. The second-order valence-corrected chi connectivity index (χ2v) is 2.96. The monoisotopic (exact) mass is 235 g/mol. The molecule has 0 heterocycles. The van der Waals surface area contributed by atoms with Crippen LogP contribution in [0.2, 0.25) is 0 Å². The van der Waals surface area contributed by atoms with E-state index in [1.165, 1.54) is 25.5 Å². The van der Waals surface area contributed by atoms with Crippen LogP contribution in [0, 0.1) is 18.2 Å². The maximum absolute atomic E-state index is 13.5. The number of nitrogens with two attached hydrogens (primary N) is 1. The van der Waals surface area contributed by atoms with E-state index in [0.717, 1.165) is 0 Å². The Hall–Kier alpha value is -2.55. The lowest BCUT2D eigenvalue weighted by Gasteiger charge is -2.05. The van der Waals surface area contributed by atoms with Crippen molar-refractivity contribution in [2.45, 2.75) is 0 Å². The Bertz CT molecular complexity index is 506. The number of hydrazone groups is 1. The van der Waals surface area contributed by atoms with E-state index in [1.807, 2.05) is 5.43 Å². The molecule has 1 aromatic carbocycles. The van der Waals surface area contributed by atoms with Crippen molar-refractivity contribution < 1.29 is 13.9 Å². The molecule has 0 radical (unpaired) electrons. The summed E-state index contributed by atoms with van der Waals surface area (Å²) in [4.78, 5) is 10.4. The molecule has 0 aliphatic heterocycles. The molecule has 0 unspecified atom stereocenters. The van der Waals surface area contributed by atoms with E-state index in [-0.39, 0.29) is 11.3 Å². The normalized spacial score (nSPS) is 9.94. The second kappa shape index (κ2) is 5.51. The first kappa shape index (κ1) is 12.5. The second-order valence-electron chi connectivity index (χ2n) is 2.96. The number of carbonyl (C=O) groups is 1. The van der Waals surface area contributed by atoms with Gasteiger partial charge in [0, 0.05) is 0 Å². The lowest BCUT2D eigenvalue weighted by molar-refractivity contribution is 0.249. The zero-order chi connectivity index (χ0) is 12.8. The summed E-state index contributed by atoms with van der Waals surface area (Å²) >= 11 is 0. The number of primary amides is 1. The highest BCUT2D eigenvalue weighted by atomic mass is 19.1. The number of methoxy groups -OCH3 is 1. The number of nitrogens with zero attached hydrogens (tertiary/aromatic N) is 1. The number of hydrogen-bond donors (Lipinski definition) is 2. The molecule has 3 N–H and O–H groups in total. The number of carbonyl (C=O) groups excluding carboxylic acids is 1. The minimum Gasteiger partial charge on any atom is -0.492 e. The number of halogens is 1. The largest absolute Gasteiger partial charge is 0.492 e. The maximum Gasteiger partial charge on any atom is 0.332 e. The van der Waals surface area contributed by atoms with Crippen LogP contribution < -0.4 is 15.9 Å². The van der Waals surface area contributed by atoms with Gasteiger partial charge in [-0.25, -0.2) is 14.6 Å². The number of rotatable bonds is 3. The first-order chi connectivity index (χ1) is 8.08. The summed E-state index contributed by atoms with van der Waals surface area (Å²) < 4.78 is 18.3. The summed E-state index contributed by atoms with van der Waals surface area (Å²) in [6.07, 6.45) is 6.43. The van der Waals surface area contributed by atoms with Gasteiger partial charge in [0.2, 0.25) is 0 Å². The van der Waals surface area contributed by atoms with Gasteiger partial charge >= 0.3 is 6.03 Å². The predicted molar refractivity (Wildman–Crippen MR) is 61.2 cm³/mol. The highest BCUT2D eigenvalue weighted by Crippen LogP contribution is 2.22. The number of terminal acetylenes is 1. The van der Waals surface area contributed by atoms with Crippen LogP contribution in [0.25, 0.3) is 0 Å². The van der Waals surface area contributed by atoms with E-state index in [4.69, 9.17) is 16.9 Å². The molecule has 1 aromatic rings. The van der Waals surface area contributed by atoms with E-state index in [1.54, 1.807) is 0 Å². The summed E-state index contributed by atoms with van der Waals surface area (Å²) in [5.41, 5.74) is 7.42. The molecule has 0 saturated carbocycles. The minimum absolute atomic E-state index is 0.00693. The van der Waals surface area contributed by atoms with Gasteiger partial charge in [-0.05, 0) is 17.7 Å². The quantitative estimate of drug-likeness (QED) is 0.462. The van der Waals surface area contributed by atoms with Gasteiger partial charge in [-0.15, -0.1) is 6.42 Å². The molecule has 0 bridgehead atoms. The van der Waals surface area contributed by atoms with Crippen molar-refractivity contribution in [2.75, 3.05) is 7.11 Å². The molecule has 0 saturated heterocycles. The van der Waals surface area contributed by atoms with Crippen LogP contribution >= 0.6 is 0 Å². The van der Waals surface area contributed by atoms with Crippen LogP contribution in [0.1, 0.15) is 11.1 Å². The molecule has 1 rings (SSSR count). The van der Waals surface area contributed by atoms with Crippen LogP contribution in [-0.4, -0.2) is 19.4 Å². The van der Waals surface area contributed by atoms with Crippen LogP contribution in [0.4, 0.5) is 9.18 Å². The lowest BCUT2D eigenvalue weighted by Crippen LogP contribution is -2.24. The topological polar surface area (TPSA) is 76.7 Å². The molecule has 0 spiro atoms. The van der Waals surface area contributed by atoms with E-state index >= 15 is 0 Å². The molecule has 17 heavy (non-hydrogen) atoms. The molecular weight excluding hydrogens is 225 g/mol. The summed E-state index contributed by atoms with van der Waals surface area (Å²) in [5.74, 6) is 1.67.